The predicted octanol–water partition coefficient (Wildman–Crippen LogP) is 0.983. The van der Waals surface area contributed by atoms with Gasteiger partial charge < -0.3 is 0 Å². The van der Waals surface area contributed by atoms with Crippen LogP contribution < -0.4 is 5.76 Å². The molecule has 2 rings (SSSR count). The van der Waals surface area contributed by atoms with E-state index in [2.05, 4.69) is 35.3 Å². The molecule has 0 saturated carbocycles. The molecule has 0 fully saturated rings. The Kier molecular flexibility index (Phi) is 4.35. The van der Waals surface area contributed by atoms with E-state index in [0.29, 0.717) is 5.82 Å². The van der Waals surface area contributed by atoms with Crippen molar-refractivity contribution in [3.8, 4) is 0 Å². The first-order chi connectivity index (χ1) is 8.30. The fourth-order valence-corrected chi connectivity index (χ4v) is 0.970. The van der Waals surface area contributed by atoms with Gasteiger partial charge >= 0.3 is 5.76 Å². The van der Waals surface area contributed by atoms with Gasteiger partial charge in [-0.15, -0.1) is 10.2 Å². The molecule has 8 nitrogen and oxygen atoms in total. The number of H-pyrrole nitrogens is 2. The van der Waals surface area contributed by atoms with Gasteiger partial charge in [-0.3, -0.25) is 9.51 Å². The van der Waals surface area contributed by atoms with Crippen LogP contribution in [0.2, 0.25) is 0 Å². The maximum atomic E-state index is 10.3. The van der Waals surface area contributed by atoms with Crippen molar-refractivity contribution in [3.05, 3.63) is 22.2 Å². The molecule has 2 heterocycles. The van der Waals surface area contributed by atoms with Crippen molar-refractivity contribution < 1.29 is 4.52 Å². The zero-order valence-corrected chi connectivity index (χ0v) is 11.2. The van der Waals surface area contributed by atoms with Crippen LogP contribution >= 0.6 is 0 Å². The molecule has 0 unspecified atom stereocenters. The number of rotatable bonds is 1. The van der Waals surface area contributed by atoms with Crippen LogP contribution in [0.3, 0.4) is 0 Å². The lowest BCUT2D eigenvalue weighted by Crippen LogP contribution is -2.13. The van der Waals surface area contributed by atoms with Crippen LogP contribution in [0.15, 0.2) is 9.32 Å². The summed E-state index contributed by atoms with van der Waals surface area (Å²) < 4.78 is 4.26. The van der Waals surface area contributed by atoms with Crippen molar-refractivity contribution in [1.29, 1.82) is 0 Å². The van der Waals surface area contributed by atoms with Crippen LogP contribution in [-0.4, -0.2) is 30.8 Å². The van der Waals surface area contributed by atoms with E-state index in [-0.39, 0.29) is 11.3 Å². The van der Waals surface area contributed by atoms with Crippen molar-refractivity contribution in [1.82, 2.24) is 30.8 Å². The molecule has 8 heteroatoms. The summed E-state index contributed by atoms with van der Waals surface area (Å²) in [6.07, 6.45) is 0. The Labute approximate surface area is 104 Å². The molecule has 0 aliphatic rings. The Morgan fingerprint density at radius 1 is 1.28 bits per heavy atom. The van der Waals surface area contributed by atoms with E-state index in [0.717, 1.165) is 5.82 Å². The van der Waals surface area contributed by atoms with Crippen LogP contribution in [0.1, 0.15) is 52.2 Å². The SMILES string of the molecule is CC(C)(C)c1nn[nH]n1.CC(C)c1noc(=O)[nH]1. The summed E-state index contributed by atoms with van der Waals surface area (Å²) in [5, 5.41) is 17.0. The molecule has 0 aliphatic carbocycles. The number of aromatic amines is 2. The zero-order chi connectivity index (χ0) is 13.8. The van der Waals surface area contributed by atoms with Crippen molar-refractivity contribution >= 4 is 0 Å². The van der Waals surface area contributed by atoms with Gasteiger partial charge in [-0.1, -0.05) is 45.0 Å². The van der Waals surface area contributed by atoms with Gasteiger partial charge in [0.15, 0.2) is 11.6 Å². The average molecular weight is 254 g/mol. The van der Waals surface area contributed by atoms with Gasteiger partial charge in [0, 0.05) is 11.3 Å². The summed E-state index contributed by atoms with van der Waals surface area (Å²) in [6, 6.07) is 0. The Morgan fingerprint density at radius 3 is 2.17 bits per heavy atom. The molecule has 0 aromatic carbocycles. The maximum Gasteiger partial charge on any atom is 0.438 e. The van der Waals surface area contributed by atoms with Gasteiger partial charge in [-0.05, 0) is 0 Å². The van der Waals surface area contributed by atoms with E-state index < -0.39 is 5.76 Å². The third-order valence-corrected chi connectivity index (χ3v) is 2.02. The summed E-state index contributed by atoms with van der Waals surface area (Å²) in [4.78, 5) is 12.8. The molecule has 18 heavy (non-hydrogen) atoms. The minimum atomic E-state index is -0.487. The maximum absolute atomic E-state index is 10.3. The van der Waals surface area contributed by atoms with Crippen molar-refractivity contribution in [3.63, 3.8) is 0 Å². The Hall–Kier alpha value is -1.99. The van der Waals surface area contributed by atoms with E-state index in [1.807, 2.05) is 34.6 Å². The van der Waals surface area contributed by atoms with Crippen LogP contribution in [0.5, 0.6) is 0 Å². The smallest absolute Gasteiger partial charge is 0.296 e. The second-order valence-corrected chi connectivity index (χ2v) is 5.12. The van der Waals surface area contributed by atoms with Crippen LogP contribution in [-0.2, 0) is 5.41 Å². The first kappa shape index (κ1) is 14.1. The van der Waals surface area contributed by atoms with Crippen LogP contribution in [0.4, 0.5) is 0 Å². The molecule has 0 bridgehead atoms. The predicted molar refractivity (Wildman–Crippen MR) is 64.1 cm³/mol. The first-order valence-electron chi connectivity index (χ1n) is 5.60. The van der Waals surface area contributed by atoms with E-state index in [4.69, 9.17) is 0 Å². The summed E-state index contributed by atoms with van der Waals surface area (Å²) >= 11 is 0. The molecule has 0 spiro atoms. The van der Waals surface area contributed by atoms with Gasteiger partial charge in [0.2, 0.25) is 0 Å². The topological polar surface area (TPSA) is 113 Å². The lowest BCUT2D eigenvalue weighted by atomic mass is 9.96. The van der Waals surface area contributed by atoms with E-state index >= 15 is 0 Å². The molecule has 0 saturated heterocycles. The molecular weight excluding hydrogens is 236 g/mol. The number of hydrogen-bond acceptors (Lipinski definition) is 6. The lowest BCUT2D eigenvalue weighted by Gasteiger charge is -2.10. The Balaban J connectivity index is 0.000000180. The third kappa shape index (κ3) is 4.11. The van der Waals surface area contributed by atoms with E-state index in [1.54, 1.807) is 0 Å². The fourth-order valence-electron chi connectivity index (χ4n) is 0.970. The minimum absolute atomic E-state index is 0.00694. The second-order valence-electron chi connectivity index (χ2n) is 5.12. The number of hydrogen-bond donors (Lipinski definition) is 2. The van der Waals surface area contributed by atoms with E-state index in [1.165, 1.54) is 0 Å². The molecule has 2 aromatic rings. The normalized spacial score (nSPS) is 11.2. The van der Waals surface area contributed by atoms with Gasteiger partial charge in [0.1, 0.15) is 0 Å². The third-order valence-electron chi connectivity index (χ3n) is 2.02. The summed E-state index contributed by atoms with van der Waals surface area (Å²) in [7, 11) is 0. The molecule has 2 N–H and O–H groups in total. The molecular formula is C10H18N6O2. The van der Waals surface area contributed by atoms with Gasteiger partial charge in [-0.2, -0.15) is 5.21 Å². The Morgan fingerprint density at radius 2 is 1.94 bits per heavy atom. The highest BCUT2D eigenvalue weighted by Crippen LogP contribution is 2.15. The van der Waals surface area contributed by atoms with Gasteiger partial charge in [0.25, 0.3) is 0 Å². The Bertz CT molecular complexity index is 505. The highest BCUT2D eigenvalue weighted by molar-refractivity contribution is 4.95. The molecule has 2 aromatic heterocycles. The highest BCUT2D eigenvalue weighted by atomic mass is 16.5. The average Bonchev–Trinajstić information content (AvgIpc) is 2.86. The quantitative estimate of drug-likeness (QED) is 0.784. The minimum Gasteiger partial charge on any atom is -0.296 e. The summed E-state index contributed by atoms with van der Waals surface area (Å²) in [6.45, 7) is 9.97. The molecule has 100 valence electrons. The van der Waals surface area contributed by atoms with Crippen molar-refractivity contribution in [2.45, 2.75) is 46.0 Å². The van der Waals surface area contributed by atoms with Crippen molar-refractivity contribution in [2.75, 3.05) is 0 Å². The number of nitrogens with zero attached hydrogens (tertiary/aromatic N) is 4. The molecule has 0 atom stereocenters. The highest BCUT2D eigenvalue weighted by Gasteiger charge is 2.17. The summed E-state index contributed by atoms with van der Waals surface area (Å²) in [5.74, 6) is 1.08. The fraction of sp³-hybridized carbons (Fsp3) is 0.700. The lowest BCUT2D eigenvalue weighted by molar-refractivity contribution is 0.379. The largest absolute Gasteiger partial charge is 0.438 e. The number of aromatic nitrogens is 6. The first-order valence-corrected chi connectivity index (χ1v) is 5.60. The molecule has 0 aliphatic heterocycles. The molecule has 0 radical (unpaired) electrons. The van der Waals surface area contributed by atoms with Crippen LogP contribution in [0.25, 0.3) is 0 Å². The van der Waals surface area contributed by atoms with Gasteiger partial charge in [-0.25, -0.2) is 4.79 Å². The standard InChI is InChI=1S/C5H10N4.C5H8N2O2/c1-5(2,3)4-6-8-9-7-4;1-3(2)4-6-5(8)9-7-4/h1-3H3,(H,6,7,8,9);3H,1-2H3,(H,6,7,8). The summed E-state index contributed by atoms with van der Waals surface area (Å²) in [5.41, 5.74) is 0.00694. The van der Waals surface area contributed by atoms with Gasteiger partial charge in [0.05, 0.1) is 0 Å². The number of tetrazole rings is 1. The van der Waals surface area contributed by atoms with Crippen LogP contribution in [0, 0.1) is 0 Å². The van der Waals surface area contributed by atoms with E-state index in [9.17, 15) is 4.79 Å². The van der Waals surface area contributed by atoms with Crippen molar-refractivity contribution in [2.24, 2.45) is 0 Å². The second kappa shape index (κ2) is 5.56. The number of nitrogens with one attached hydrogen (secondary N) is 2. The zero-order valence-electron chi connectivity index (χ0n) is 11.2. The molecule has 0 amide bonds. The monoisotopic (exact) mass is 254 g/mol.